The summed E-state index contributed by atoms with van der Waals surface area (Å²) in [6.07, 6.45) is 1.51. The van der Waals surface area contributed by atoms with E-state index in [1.165, 1.54) is 12.4 Å². The molecule has 3 nitrogen and oxygen atoms in total. The van der Waals surface area contributed by atoms with Crippen LogP contribution >= 0.6 is 0 Å². The second-order valence-corrected chi connectivity index (χ2v) is 4.63. The minimum Gasteiger partial charge on any atom is -0.363 e. The molecule has 0 aliphatic heterocycles. The SMILES string of the molecule is CC(Nc1ncnc2ccccc12)c1ccccc1F. The summed E-state index contributed by atoms with van der Waals surface area (Å²) in [7, 11) is 0. The number of hydrogen-bond donors (Lipinski definition) is 1. The molecule has 1 aromatic heterocycles. The highest BCUT2D eigenvalue weighted by molar-refractivity contribution is 5.88. The van der Waals surface area contributed by atoms with Crippen molar-refractivity contribution in [1.29, 1.82) is 0 Å². The number of rotatable bonds is 3. The van der Waals surface area contributed by atoms with Crippen molar-refractivity contribution in [3.8, 4) is 0 Å². The Morgan fingerprint density at radius 2 is 1.75 bits per heavy atom. The highest BCUT2D eigenvalue weighted by Gasteiger charge is 2.12. The largest absolute Gasteiger partial charge is 0.363 e. The normalized spacial score (nSPS) is 12.3. The summed E-state index contributed by atoms with van der Waals surface area (Å²) in [5, 5.41) is 4.18. The molecule has 0 spiro atoms. The van der Waals surface area contributed by atoms with E-state index in [1.807, 2.05) is 37.3 Å². The molecule has 0 radical (unpaired) electrons. The van der Waals surface area contributed by atoms with Gasteiger partial charge in [0.25, 0.3) is 0 Å². The average Bonchev–Trinajstić information content (AvgIpc) is 2.48. The Hall–Kier alpha value is -2.49. The molecule has 0 bridgehead atoms. The molecule has 0 saturated carbocycles. The number of para-hydroxylation sites is 1. The van der Waals surface area contributed by atoms with E-state index < -0.39 is 0 Å². The zero-order valence-electron chi connectivity index (χ0n) is 11.0. The Kier molecular flexibility index (Phi) is 3.29. The van der Waals surface area contributed by atoms with Gasteiger partial charge >= 0.3 is 0 Å². The molecule has 100 valence electrons. The molecule has 3 rings (SSSR count). The van der Waals surface area contributed by atoms with Crippen LogP contribution in [-0.2, 0) is 0 Å². The van der Waals surface area contributed by atoms with Crippen LogP contribution in [0.15, 0.2) is 54.9 Å². The standard InChI is InChI=1S/C16H14FN3/c1-11(12-6-2-4-8-14(12)17)20-16-13-7-3-5-9-15(13)18-10-19-16/h2-11H,1H3,(H,18,19,20). The van der Waals surface area contributed by atoms with Gasteiger partial charge in [-0.15, -0.1) is 0 Å². The molecular formula is C16H14FN3. The lowest BCUT2D eigenvalue weighted by Crippen LogP contribution is -2.10. The Morgan fingerprint density at radius 3 is 2.60 bits per heavy atom. The van der Waals surface area contributed by atoms with Crippen LogP contribution < -0.4 is 5.32 Å². The minimum absolute atomic E-state index is 0.172. The zero-order valence-corrected chi connectivity index (χ0v) is 11.0. The maximum atomic E-state index is 13.8. The number of anilines is 1. The molecule has 0 saturated heterocycles. The maximum Gasteiger partial charge on any atom is 0.137 e. The van der Waals surface area contributed by atoms with E-state index in [4.69, 9.17) is 0 Å². The van der Waals surface area contributed by atoms with Crippen LogP contribution in [0.3, 0.4) is 0 Å². The molecule has 20 heavy (non-hydrogen) atoms. The molecule has 4 heteroatoms. The molecule has 0 aliphatic carbocycles. The van der Waals surface area contributed by atoms with Crippen LogP contribution in [0.4, 0.5) is 10.2 Å². The highest BCUT2D eigenvalue weighted by atomic mass is 19.1. The first-order valence-electron chi connectivity index (χ1n) is 6.46. The molecule has 1 unspecified atom stereocenters. The quantitative estimate of drug-likeness (QED) is 0.781. The third kappa shape index (κ3) is 2.32. The van der Waals surface area contributed by atoms with Gasteiger partial charge in [-0.1, -0.05) is 30.3 Å². The first-order chi connectivity index (χ1) is 9.75. The topological polar surface area (TPSA) is 37.8 Å². The van der Waals surface area contributed by atoms with Crippen molar-refractivity contribution in [2.45, 2.75) is 13.0 Å². The first-order valence-corrected chi connectivity index (χ1v) is 6.46. The number of hydrogen-bond acceptors (Lipinski definition) is 3. The van der Waals surface area contributed by atoms with Crippen LogP contribution in [0.25, 0.3) is 10.9 Å². The van der Waals surface area contributed by atoms with E-state index in [2.05, 4.69) is 15.3 Å². The Morgan fingerprint density at radius 1 is 1.00 bits per heavy atom. The van der Waals surface area contributed by atoms with Crippen molar-refractivity contribution >= 4 is 16.7 Å². The van der Waals surface area contributed by atoms with E-state index in [0.717, 1.165) is 10.9 Å². The summed E-state index contributed by atoms with van der Waals surface area (Å²) in [6.45, 7) is 1.91. The van der Waals surface area contributed by atoms with Crippen LogP contribution in [0.5, 0.6) is 0 Å². The number of nitrogens with one attached hydrogen (secondary N) is 1. The second kappa shape index (κ2) is 5.25. The molecule has 1 N–H and O–H groups in total. The molecule has 0 fully saturated rings. The van der Waals surface area contributed by atoms with Crippen molar-refractivity contribution < 1.29 is 4.39 Å². The first kappa shape index (κ1) is 12.5. The van der Waals surface area contributed by atoms with Crippen molar-refractivity contribution in [2.24, 2.45) is 0 Å². The van der Waals surface area contributed by atoms with Gasteiger partial charge in [0.05, 0.1) is 11.6 Å². The highest BCUT2D eigenvalue weighted by Crippen LogP contribution is 2.24. The van der Waals surface area contributed by atoms with Gasteiger partial charge < -0.3 is 5.32 Å². The van der Waals surface area contributed by atoms with E-state index >= 15 is 0 Å². The monoisotopic (exact) mass is 267 g/mol. The summed E-state index contributed by atoms with van der Waals surface area (Å²) in [5.41, 5.74) is 1.49. The molecule has 1 atom stereocenters. The summed E-state index contributed by atoms with van der Waals surface area (Å²) >= 11 is 0. The Balaban J connectivity index is 1.96. The average molecular weight is 267 g/mol. The number of fused-ring (bicyclic) bond motifs is 1. The fourth-order valence-electron chi connectivity index (χ4n) is 2.23. The third-order valence-electron chi connectivity index (χ3n) is 3.27. The van der Waals surface area contributed by atoms with Gasteiger partial charge in [-0.3, -0.25) is 0 Å². The van der Waals surface area contributed by atoms with Gasteiger partial charge in [0.1, 0.15) is 18.0 Å². The number of nitrogens with zero attached hydrogens (tertiary/aromatic N) is 2. The Labute approximate surface area is 116 Å². The lowest BCUT2D eigenvalue weighted by molar-refractivity contribution is 0.600. The van der Waals surface area contributed by atoms with Gasteiger partial charge in [0.2, 0.25) is 0 Å². The van der Waals surface area contributed by atoms with Gasteiger partial charge in [0, 0.05) is 10.9 Å². The maximum absolute atomic E-state index is 13.8. The predicted octanol–water partition coefficient (Wildman–Crippen LogP) is 3.94. The van der Waals surface area contributed by atoms with Gasteiger partial charge in [-0.2, -0.15) is 0 Å². The smallest absolute Gasteiger partial charge is 0.137 e. The third-order valence-corrected chi connectivity index (χ3v) is 3.27. The van der Waals surface area contributed by atoms with E-state index in [-0.39, 0.29) is 11.9 Å². The van der Waals surface area contributed by atoms with Crippen LogP contribution in [0.2, 0.25) is 0 Å². The van der Waals surface area contributed by atoms with Gasteiger partial charge in [-0.25, -0.2) is 14.4 Å². The van der Waals surface area contributed by atoms with Crippen molar-refractivity contribution in [3.05, 3.63) is 66.2 Å². The van der Waals surface area contributed by atoms with E-state index in [9.17, 15) is 4.39 Å². The molecular weight excluding hydrogens is 253 g/mol. The summed E-state index contributed by atoms with van der Waals surface area (Å²) in [6, 6.07) is 14.3. The molecule has 0 aliphatic rings. The van der Waals surface area contributed by atoms with E-state index in [1.54, 1.807) is 12.1 Å². The fraction of sp³-hybridized carbons (Fsp3) is 0.125. The number of halogens is 1. The molecule has 2 aromatic carbocycles. The van der Waals surface area contributed by atoms with Gasteiger partial charge in [-0.05, 0) is 25.1 Å². The van der Waals surface area contributed by atoms with Crippen LogP contribution in [0.1, 0.15) is 18.5 Å². The van der Waals surface area contributed by atoms with Gasteiger partial charge in [0.15, 0.2) is 0 Å². The fourth-order valence-corrected chi connectivity index (χ4v) is 2.23. The summed E-state index contributed by atoms with van der Waals surface area (Å²) < 4.78 is 13.8. The zero-order chi connectivity index (χ0) is 13.9. The predicted molar refractivity (Wildman–Crippen MR) is 78.0 cm³/mol. The molecule has 3 aromatic rings. The number of benzene rings is 2. The second-order valence-electron chi connectivity index (χ2n) is 4.63. The van der Waals surface area contributed by atoms with Crippen molar-refractivity contribution in [3.63, 3.8) is 0 Å². The molecule has 1 heterocycles. The van der Waals surface area contributed by atoms with Crippen LogP contribution in [0, 0.1) is 5.82 Å². The lowest BCUT2D eigenvalue weighted by atomic mass is 10.1. The summed E-state index contributed by atoms with van der Waals surface area (Å²) in [4.78, 5) is 8.47. The number of aromatic nitrogens is 2. The van der Waals surface area contributed by atoms with Crippen LogP contribution in [-0.4, -0.2) is 9.97 Å². The molecule has 0 amide bonds. The minimum atomic E-state index is -0.217. The van der Waals surface area contributed by atoms with E-state index in [0.29, 0.717) is 11.4 Å². The van der Waals surface area contributed by atoms with Crippen molar-refractivity contribution in [2.75, 3.05) is 5.32 Å². The lowest BCUT2D eigenvalue weighted by Gasteiger charge is -2.16. The Bertz CT molecular complexity index is 737. The summed E-state index contributed by atoms with van der Waals surface area (Å²) in [5.74, 6) is 0.497. The van der Waals surface area contributed by atoms with Crippen molar-refractivity contribution in [1.82, 2.24) is 9.97 Å².